The zero-order chi connectivity index (χ0) is 12.9. The number of hydrogen-bond donors (Lipinski definition) is 2. The first-order valence-corrected chi connectivity index (χ1v) is 6.66. The van der Waals surface area contributed by atoms with Crippen LogP contribution in [0.25, 0.3) is 0 Å². The van der Waals surface area contributed by atoms with E-state index in [9.17, 15) is 0 Å². The van der Waals surface area contributed by atoms with Gasteiger partial charge in [-0.15, -0.1) is 0 Å². The van der Waals surface area contributed by atoms with Crippen molar-refractivity contribution in [1.82, 2.24) is 5.43 Å². The predicted octanol–water partition coefficient (Wildman–Crippen LogP) is 2.18. The van der Waals surface area contributed by atoms with E-state index in [-0.39, 0.29) is 12.7 Å². The molecular formula is C13H28N2O2. The van der Waals surface area contributed by atoms with E-state index in [1.807, 2.05) is 6.21 Å². The van der Waals surface area contributed by atoms with Gasteiger partial charge in [0.1, 0.15) is 0 Å². The number of rotatable bonds is 11. The molecule has 0 saturated carbocycles. The van der Waals surface area contributed by atoms with E-state index in [1.165, 1.54) is 6.42 Å². The van der Waals surface area contributed by atoms with Crippen molar-refractivity contribution in [2.45, 2.75) is 52.1 Å². The fourth-order valence-corrected chi connectivity index (χ4v) is 1.71. The van der Waals surface area contributed by atoms with Crippen molar-refractivity contribution < 1.29 is 9.84 Å². The summed E-state index contributed by atoms with van der Waals surface area (Å²) in [5.74, 6) is 0.381. The van der Waals surface area contributed by atoms with E-state index < -0.39 is 0 Å². The summed E-state index contributed by atoms with van der Waals surface area (Å²) < 4.78 is 5.73. The van der Waals surface area contributed by atoms with Crippen molar-refractivity contribution >= 4 is 6.21 Å². The molecule has 0 aromatic rings. The zero-order valence-electron chi connectivity index (χ0n) is 11.5. The highest BCUT2D eigenvalue weighted by Crippen LogP contribution is 2.14. The highest BCUT2D eigenvalue weighted by Gasteiger charge is 2.11. The first kappa shape index (κ1) is 16.4. The molecule has 0 aromatic carbocycles. The van der Waals surface area contributed by atoms with Crippen molar-refractivity contribution in [2.24, 2.45) is 11.0 Å². The van der Waals surface area contributed by atoms with Crippen LogP contribution in [-0.2, 0) is 4.74 Å². The van der Waals surface area contributed by atoms with E-state index in [0.29, 0.717) is 5.92 Å². The van der Waals surface area contributed by atoms with Gasteiger partial charge in [-0.25, -0.2) is 0 Å². The van der Waals surface area contributed by atoms with Crippen molar-refractivity contribution in [1.29, 1.82) is 0 Å². The summed E-state index contributed by atoms with van der Waals surface area (Å²) in [5.41, 5.74) is 2.77. The second-order valence-electron chi connectivity index (χ2n) is 4.40. The minimum atomic E-state index is 0.245. The van der Waals surface area contributed by atoms with Gasteiger partial charge >= 0.3 is 0 Å². The molecule has 0 fully saturated rings. The lowest BCUT2D eigenvalue weighted by molar-refractivity contribution is 0.0516. The highest BCUT2D eigenvalue weighted by molar-refractivity contribution is 5.60. The Balaban J connectivity index is 3.89. The van der Waals surface area contributed by atoms with Crippen LogP contribution in [0.3, 0.4) is 0 Å². The predicted molar refractivity (Wildman–Crippen MR) is 72.3 cm³/mol. The fraction of sp³-hybridized carbons (Fsp3) is 0.923. The summed E-state index contributed by atoms with van der Waals surface area (Å²) in [6, 6.07) is 0. The molecule has 0 radical (unpaired) electrons. The normalized spacial score (nSPS) is 15.1. The molecule has 0 saturated heterocycles. The van der Waals surface area contributed by atoms with Crippen molar-refractivity contribution in [3.63, 3.8) is 0 Å². The van der Waals surface area contributed by atoms with Crippen LogP contribution in [0.15, 0.2) is 5.10 Å². The Kier molecular flexibility index (Phi) is 11.4. The number of unbranched alkanes of at least 4 members (excludes halogenated alkanes) is 1. The van der Waals surface area contributed by atoms with Crippen molar-refractivity contribution in [3.8, 4) is 0 Å². The quantitative estimate of drug-likeness (QED) is 0.333. The van der Waals surface area contributed by atoms with Gasteiger partial charge < -0.3 is 15.3 Å². The van der Waals surface area contributed by atoms with Gasteiger partial charge in [-0.05, 0) is 38.5 Å². The smallest absolute Gasteiger partial charge is 0.0553 e. The van der Waals surface area contributed by atoms with Gasteiger partial charge in [-0.3, -0.25) is 0 Å². The topological polar surface area (TPSA) is 53.8 Å². The molecule has 0 aromatic heterocycles. The lowest BCUT2D eigenvalue weighted by atomic mass is 9.98. The molecule has 0 aliphatic heterocycles. The Bertz CT molecular complexity index is 186. The third-order valence-corrected chi connectivity index (χ3v) is 2.68. The molecule has 4 heteroatoms. The van der Waals surface area contributed by atoms with Crippen molar-refractivity contribution in [3.05, 3.63) is 0 Å². The average Bonchev–Trinajstić information content (AvgIpc) is 2.33. The molecule has 102 valence electrons. The van der Waals surface area contributed by atoms with Crippen LogP contribution in [0.2, 0.25) is 0 Å². The first-order valence-electron chi connectivity index (χ1n) is 6.66. The first-order chi connectivity index (χ1) is 8.24. The lowest BCUT2D eigenvalue weighted by Crippen LogP contribution is -2.17. The van der Waals surface area contributed by atoms with Crippen molar-refractivity contribution in [2.75, 3.05) is 20.3 Å². The van der Waals surface area contributed by atoms with Gasteiger partial charge in [0.15, 0.2) is 0 Å². The summed E-state index contributed by atoms with van der Waals surface area (Å²) >= 11 is 0. The van der Waals surface area contributed by atoms with E-state index in [1.54, 1.807) is 7.05 Å². The number of hydrazone groups is 1. The Hall–Kier alpha value is -0.610. The van der Waals surface area contributed by atoms with Crippen LogP contribution in [-0.4, -0.2) is 37.7 Å². The number of nitrogens with one attached hydrogen (secondary N) is 1. The highest BCUT2D eigenvalue weighted by atomic mass is 16.5. The van der Waals surface area contributed by atoms with E-state index in [2.05, 4.69) is 24.4 Å². The third kappa shape index (κ3) is 10.3. The Morgan fingerprint density at radius 1 is 1.41 bits per heavy atom. The molecular weight excluding hydrogens is 216 g/mol. The maximum atomic E-state index is 8.86. The second kappa shape index (κ2) is 11.9. The Morgan fingerprint density at radius 3 is 2.76 bits per heavy atom. The molecule has 2 N–H and O–H groups in total. The number of ether oxygens (including phenoxy) is 1. The largest absolute Gasteiger partial charge is 0.396 e. The van der Waals surface area contributed by atoms with Gasteiger partial charge in [0, 0.05) is 26.5 Å². The van der Waals surface area contributed by atoms with Crippen LogP contribution in [0.5, 0.6) is 0 Å². The van der Waals surface area contributed by atoms with E-state index >= 15 is 0 Å². The maximum absolute atomic E-state index is 8.86. The van der Waals surface area contributed by atoms with Crippen LogP contribution >= 0.6 is 0 Å². The van der Waals surface area contributed by atoms with Gasteiger partial charge in [-0.1, -0.05) is 13.3 Å². The molecule has 17 heavy (non-hydrogen) atoms. The minimum absolute atomic E-state index is 0.245. The third-order valence-electron chi connectivity index (χ3n) is 2.68. The molecule has 0 aliphatic rings. The van der Waals surface area contributed by atoms with E-state index in [0.717, 1.165) is 32.3 Å². The molecule has 4 nitrogen and oxygen atoms in total. The summed E-state index contributed by atoms with van der Waals surface area (Å²) in [4.78, 5) is 0. The standard InChI is InChI=1S/C13H28N2O2/c1-4-5-9-17-12(2)10-13(7-6-8-16)11-15-14-3/h11-14,16H,4-10H2,1-3H3/b15-11+. The molecule has 2 atom stereocenters. The molecule has 0 amide bonds. The molecule has 0 heterocycles. The molecule has 0 rings (SSSR count). The number of nitrogens with zero attached hydrogens (tertiary/aromatic N) is 1. The summed E-state index contributed by atoms with van der Waals surface area (Å²) in [6.45, 7) is 5.36. The summed E-state index contributed by atoms with van der Waals surface area (Å²) in [6.07, 6.45) is 7.22. The fourth-order valence-electron chi connectivity index (χ4n) is 1.71. The molecule has 0 spiro atoms. The number of aliphatic hydroxyl groups excluding tert-OH is 1. The van der Waals surface area contributed by atoms with E-state index in [4.69, 9.17) is 9.84 Å². The average molecular weight is 244 g/mol. The lowest BCUT2D eigenvalue weighted by Gasteiger charge is -2.18. The van der Waals surface area contributed by atoms with Gasteiger partial charge in [-0.2, -0.15) is 5.10 Å². The van der Waals surface area contributed by atoms with Crippen LogP contribution in [0, 0.1) is 5.92 Å². The SMILES string of the molecule is CCCCOC(C)CC(/C=N/NC)CCCO. The monoisotopic (exact) mass is 244 g/mol. The van der Waals surface area contributed by atoms with Crippen LogP contribution in [0.1, 0.15) is 46.0 Å². The Morgan fingerprint density at radius 2 is 2.18 bits per heavy atom. The van der Waals surface area contributed by atoms with Crippen LogP contribution < -0.4 is 5.43 Å². The summed E-state index contributed by atoms with van der Waals surface area (Å²) in [7, 11) is 1.79. The van der Waals surface area contributed by atoms with Crippen LogP contribution in [0.4, 0.5) is 0 Å². The molecule has 2 unspecified atom stereocenters. The summed E-state index contributed by atoms with van der Waals surface area (Å²) in [5, 5.41) is 12.9. The zero-order valence-corrected chi connectivity index (χ0v) is 11.5. The van der Waals surface area contributed by atoms with Gasteiger partial charge in [0.25, 0.3) is 0 Å². The van der Waals surface area contributed by atoms with Gasteiger partial charge in [0.05, 0.1) is 6.10 Å². The molecule has 0 bridgehead atoms. The Labute approximate surface area is 105 Å². The number of aliphatic hydroxyl groups is 1. The van der Waals surface area contributed by atoms with Gasteiger partial charge in [0.2, 0.25) is 0 Å². The number of hydrogen-bond acceptors (Lipinski definition) is 4. The molecule has 0 aliphatic carbocycles. The maximum Gasteiger partial charge on any atom is 0.0553 e. The second-order valence-corrected chi connectivity index (χ2v) is 4.40. The minimum Gasteiger partial charge on any atom is -0.396 e.